The van der Waals surface area contributed by atoms with Crippen LogP contribution in [0.3, 0.4) is 0 Å². The molecule has 0 atom stereocenters. The number of guanidine groups is 1. The number of benzene rings is 1. The molecule has 0 aliphatic heterocycles. The van der Waals surface area contributed by atoms with Crippen molar-refractivity contribution in [2.75, 3.05) is 0 Å². The highest BCUT2D eigenvalue weighted by Crippen LogP contribution is 2.20. The van der Waals surface area contributed by atoms with E-state index in [4.69, 9.17) is 17.2 Å². The van der Waals surface area contributed by atoms with Crippen molar-refractivity contribution in [2.24, 2.45) is 22.2 Å². The highest BCUT2D eigenvalue weighted by Gasteiger charge is 2.08. The molecule has 0 aliphatic carbocycles. The van der Waals surface area contributed by atoms with E-state index in [1.807, 2.05) is 0 Å². The fraction of sp³-hybridized carbons (Fsp3) is 0. The third kappa shape index (κ3) is 2.71. The van der Waals surface area contributed by atoms with Crippen LogP contribution in [-0.4, -0.2) is 10.9 Å². The van der Waals surface area contributed by atoms with Gasteiger partial charge in [-0.05, 0) is 0 Å². The molecule has 0 saturated heterocycles. The highest BCUT2D eigenvalue weighted by atomic mass is 16.6. The van der Waals surface area contributed by atoms with Crippen molar-refractivity contribution in [3.63, 3.8) is 0 Å². The predicted molar refractivity (Wildman–Crippen MR) is 61.1 cm³/mol. The molecular weight excluding hydrogens is 210 g/mol. The topological polar surface area (TPSA) is 134 Å². The summed E-state index contributed by atoms with van der Waals surface area (Å²) in [5.41, 5.74) is 16.4. The molecular formula is C9H11N5O2. The number of nitro groups is 1. The summed E-state index contributed by atoms with van der Waals surface area (Å²) >= 11 is 0. The molecule has 0 bridgehead atoms. The van der Waals surface area contributed by atoms with Gasteiger partial charge < -0.3 is 17.2 Å². The van der Waals surface area contributed by atoms with Crippen LogP contribution < -0.4 is 17.2 Å². The fourth-order valence-electron chi connectivity index (χ4n) is 1.12. The van der Waals surface area contributed by atoms with E-state index in [1.165, 1.54) is 24.4 Å². The maximum absolute atomic E-state index is 10.6. The maximum Gasteiger partial charge on any atom is 0.270 e. The first-order valence-electron chi connectivity index (χ1n) is 4.31. The number of hydrogen-bond acceptors (Lipinski definition) is 4. The Labute approximate surface area is 91.4 Å². The Hall–Kier alpha value is -2.57. The Morgan fingerprint density at radius 2 is 2.12 bits per heavy atom. The molecule has 1 aromatic rings. The number of nitro benzene ring substituents is 1. The third-order valence-corrected chi connectivity index (χ3v) is 1.76. The zero-order valence-corrected chi connectivity index (χ0v) is 8.33. The first kappa shape index (κ1) is 11.5. The normalized spacial score (nSPS) is 10.9. The Balaban J connectivity index is 3.17. The van der Waals surface area contributed by atoms with E-state index in [-0.39, 0.29) is 17.3 Å². The summed E-state index contributed by atoms with van der Waals surface area (Å²) in [6.07, 6.45) is 1.18. The van der Waals surface area contributed by atoms with Crippen LogP contribution in [0.5, 0.6) is 0 Å². The number of nitrogens with two attached hydrogens (primary N) is 3. The highest BCUT2D eigenvalue weighted by molar-refractivity contribution is 5.83. The molecule has 84 valence electrons. The molecule has 0 spiro atoms. The van der Waals surface area contributed by atoms with Gasteiger partial charge in [0.1, 0.15) is 0 Å². The molecule has 0 saturated carbocycles. The molecule has 1 aromatic carbocycles. The van der Waals surface area contributed by atoms with Crippen molar-refractivity contribution >= 4 is 17.3 Å². The minimum Gasteiger partial charge on any atom is -0.403 e. The van der Waals surface area contributed by atoms with Crippen LogP contribution in [0.25, 0.3) is 5.70 Å². The van der Waals surface area contributed by atoms with Gasteiger partial charge in [-0.15, -0.1) is 0 Å². The van der Waals surface area contributed by atoms with E-state index >= 15 is 0 Å². The Morgan fingerprint density at radius 3 is 2.62 bits per heavy atom. The van der Waals surface area contributed by atoms with Crippen LogP contribution in [-0.2, 0) is 0 Å². The summed E-state index contributed by atoms with van der Waals surface area (Å²) < 4.78 is 0. The van der Waals surface area contributed by atoms with Gasteiger partial charge in [0.15, 0.2) is 5.96 Å². The summed E-state index contributed by atoms with van der Waals surface area (Å²) in [6, 6.07) is 5.86. The second-order valence-corrected chi connectivity index (χ2v) is 2.90. The SMILES string of the molecule is N/C=C(\N=C(N)N)c1cccc([N+](=O)[O-])c1. The Bertz CT molecular complexity index is 463. The molecule has 0 heterocycles. The molecule has 1 rings (SSSR count). The Kier molecular flexibility index (Phi) is 3.44. The van der Waals surface area contributed by atoms with E-state index in [1.54, 1.807) is 6.07 Å². The smallest absolute Gasteiger partial charge is 0.270 e. The first-order chi connectivity index (χ1) is 7.54. The number of nitrogens with zero attached hydrogens (tertiary/aromatic N) is 2. The summed E-state index contributed by atoms with van der Waals surface area (Å²) in [4.78, 5) is 13.8. The summed E-state index contributed by atoms with van der Waals surface area (Å²) in [5, 5.41) is 10.6. The van der Waals surface area contributed by atoms with E-state index in [0.29, 0.717) is 5.56 Å². The zero-order valence-electron chi connectivity index (χ0n) is 8.33. The van der Waals surface area contributed by atoms with Gasteiger partial charge in [-0.1, -0.05) is 12.1 Å². The average Bonchev–Trinajstić information content (AvgIpc) is 2.25. The average molecular weight is 221 g/mol. The second-order valence-electron chi connectivity index (χ2n) is 2.90. The van der Waals surface area contributed by atoms with Crippen LogP contribution in [0.15, 0.2) is 35.5 Å². The predicted octanol–water partition coefficient (Wildman–Crippen LogP) is 0.125. The number of rotatable bonds is 3. The lowest BCUT2D eigenvalue weighted by atomic mass is 10.1. The standard InChI is InChI=1S/C9H11N5O2/c10-5-8(13-9(11)12)6-2-1-3-7(4-6)14(15)16/h1-5H,10H2,(H4,11,12,13)/b8-5-. The van der Waals surface area contributed by atoms with Crippen LogP contribution in [0.1, 0.15) is 5.56 Å². The van der Waals surface area contributed by atoms with Crippen molar-refractivity contribution in [1.82, 2.24) is 0 Å². The van der Waals surface area contributed by atoms with Crippen LogP contribution in [0, 0.1) is 10.1 Å². The van der Waals surface area contributed by atoms with Gasteiger partial charge in [-0.25, -0.2) is 4.99 Å². The van der Waals surface area contributed by atoms with Gasteiger partial charge >= 0.3 is 0 Å². The molecule has 6 N–H and O–H groups in total. The van der Waals surface area contributed by atoms with Gasteiger partial charge in [0.2, 0.25) is 0 Å². The largest absolute Gasteiger partial charge is 0.403 e. The van der Waals surface area contributed by atoms with Crippen LogP contribution in [0.2, 0.25) is 0 Å². The van der Waals surface area contributed by atoms with Gasteiger partial charge in [0.05, 0.1) is 10.6 Å². The van der Waals surface area contributed by atoms with E-state index in [9.17, 15) is 10.1 Å². The van der Waals surface area contributed by atoms with Crippen molar-refractivity contribution in [2.45, 2.75) is 0 Å². The summed E-state index contributed by atoms with van der Waals surface area (Å²) in [5.74, 6) is -0.164. The molecule has 7 heteroatoms. The van der Waals surface area contributed by atoms with Crippen LogP contribution in [0.4, 0.5) is 5.69 Å². The molecule has 0 aromatic heterocycles. The minimum absolute atomic E-state index is 0.0531. The lowest BCUT2D eigenvalue weighted by Gasteiger charge is -2.01. The number of non-ortho nitro benzene ring substituents is 1. The molecule has 16 heavy (non-hydrogen) atoms. The van der Waals surface area contributed by atoms with Gasteiger partial charge in [-0.3, -0.25) is 10.1 Å². The summed E-state index contributed by atoms with van der Waals surface area (Å²) in [7, 11) is 0. The molecule has 0 amide bonds. The number of aliphatic imine (C=N–C) groups is 1. The van der Waals surface area contributed by atoms with E-state index < -0.39 is 4.92 Å². The summed E-state index contributed by atoms with van der Waals surface area (Å²) in [6.45, 7) is 0. The van der Waals surface area contributed by atoms with Crippen molar-refractivity contribution in [1.29, 1.82) is 0 Å². The van der Waals surface area contributed by atoms with Gasteiger partial charge in [0, 0.05) is 23.9 Å². The molecule has 0 aliphatic rings. The zero-order chi connectivity index (χ0) is 12.1. The molecule has 0 unspecified atom stereocenters. The Morgan fingerprint density at radius 1 is 1.44 bits per heavy atom. The minimum atomic E-state index is -0.507. The van der Waals surface area contributed by atoms with Gasteiger partial charge in [0.25, 0.3) is 5.69 Å². The van der Waals surface area contributed by atoms with Crippen LogP contribution >= 0.6 is 0 Å². The number of hydrogen-bond donors (Lipinski definition) is 3. The fourth-order valence-corrected chi connectivity index (χ4v) is 1.12. The van der Waals surface area contributed by atoms with Crippen molar-refractivity contribution < 1.29 is 4.92 Å². The quantitative estimate of drug-likeness (QED) is 0.288. The van der Waals surface area contributed by atoms with E-state index in [0.717, 1.165) is 0 Å². The van der Waals surface area contributed by atoms with E-state index in [2.05, 4.69) is 4.99 Å². The maximum atomic E-state index is 10.6. The molecule has 0 radical (unpaired) electrons. The van der Waals surface area contributed by atoms with Gasteiger partial charge in [-0.2, -0.15) is 0 Å². The van der Waals surface area contributed by atoms with Crippen molar-refractivity contribution in [3.8, 4) is 0 Å². The molecule has 7 nitrogen and oxygen atoms in total. The first-order valence-corrected chi connectivity index (χ1v) is 4.31. The lowest BCUT2D eigenvalue weighted by molar-refractivity contribution is -0.384. The third-order valence-electron chi connectivity index (χ3n) is 1.76. The lowest BCUT2D eigenvalue weighted by Crippen LogP contribution is -2.22. The monoisotopic (exact) mass is 221 g/mol. The second kappa shape index (κ2) is 4.78. The van der Waals surface area contributed by atoms with Crippen molar-refractivity contribution in [3.05, 3.63) is 46.1 Å². The molecule has 0 fully saturated rings.